The third-order valence-electron chi connectivity index (χ3n) is 3.20. The number of aryl methyl sites for hydroxylation is 1. The molecule has 1 aromatic carbocycles. The van der Waals surface area contributed by atoms with Crippen molar-refractivity contribution in [2.75, 3.05) is 6.54 Å². The Morgan fingerprint density at radius 1 is 1.30 bits per heavy atom. The molecule has 0 aliphatic heterocycles. The van der Waals surface area contributed by atoms with Gasteiger partial charge in [-0.25, -0.2) is 4.98 Å². The van der Waals surface area contributed by atoms with Gasteiger partial charge in [-0.2, -0.15) is 4.98 Å². The fraction of sp³-hybridized carbons (Fsp3) is 0.214. The van der Waals surface area contributed by atoms with Crippen molar-refractivity contribution in [3.8, 4) is 11.6 Å². The van der Waals surface area contributed by atoms with E-state index in [4.69, 9.17) is 10.3 Å². The van der Waals surface area contributed by atoms with E-state index in [2.05, 4.69) is 15.1 Å². The topological polar surface area (TPSA) is 82.8 Å². The Morgan fingerprint density at radius 2 is 2.10 bits per heavy atom. The van der Waals surface area contributed by atoms with Gasteiger partial charge in [-0.05, 0) is 5.56 Å². The highest BCUT2D eigenvalue weighted by molar-refractivity contribution is 5.42. The SMILES string of the molecule is Cn1ccnc1-c1noc(C(CN)c2ccccc2)n1. The molecule has 0 amide bonds. The van der Waals surface area contributed by atoms with Gasteiger partial charge in [0.05, 0.1) is 5.92 Å². The van der Waals surface area contributed by atoms with Crippen molar-refractivity contribution in [2.45, 2.75) is 5.92 Å². The lowest BCUT2D eigenvalue weighted by Gasteiger charge is -2.09. The summed E-state index contributed by atoms with van der Waals surface area (Å²) in [5, 5.41) is 3.99. The average molecular weight is 269 g/mol. The molecule has 6 heteroatoms. The molecule has 0 bridgehead atoms. The third-order valence-corrected chi connectivity index (χ3v) is 3.20. The first-order valence-electron chi connectivity index (χ1n) is 6.36. The summed E-state index contributed by atoms with van der Waals surface area (Å²) in [7, 11) is 1.88. The van der Waals surface area contributed by atoms with Gasteiger partial charge in [-0.3, -0.25) is 0 Å². The van der Waals surface area contributed by atoms with E-state index in [0.29, 0.717) is 24.1 Å². The maximum absolute atomic E-state index is 5.85. The van der Waals surface area contributed by atoms with Crippen LogP contribution in [0.25, 0.3) is 11.6 Å². The first kappa shape index (κ1) is 12.6. The van der Waals surface area contributed by atoms with Crippen LogP contribution in [0, 0.1) is 0 Å². The molecule has 2 heterocycles. The van der Waals surface area contributed by atoms with Crippen molar-refractivity contribution in [1.29, 1.82) is 0 Å². The van der Waals surface area contributed by atoms with Crippen molar-refractivity contribution in [3.63, 3.8) is 0 Å². The lowest BCUT2D eigenvalue weighted by atomic mass is 9.99. The normalized spacial score (nSPS) is 12.5. The molecule has 2 N–H and O–H groups in total. The van der Waals surface area contributed by atoms with Gasteiger partial charge in [0.25, 0.3) is 0 Å². The van der Waals surface area contributed by atoms with Crippen molar-refractivity contribution in [1.82, 2.24) is 19.7 Å². The number of rotatable bonds is 4. The van der Waals surface area contributed by atoms with Crippen LogP contribution >= 0.6 is 0 Å². The number of hydrogen-bond acceptors (Lipinski definition) is 5. The van der Waals surface area contributed by atoms with Gasteiger partial charge in [0.2, 0.25) is 11.7 Å². The molecular formula is C14H15N5O. The molecule has 0 saturated heterocycles. The molecule has 3 rings (SSSR count). The second kappa shape index (κ2) is 5.26. The van der Waals surface area contributed by atoms with E-state index in [1.807, 2.05) is 48.1 Å². The number of nitrogens with two attached hydrogens (primary N) is 1. The number of aromatic nitrogens is 4. The predicted octanol–water partition coefficient (Wildman–Crippen LogP) is 1.56. The van der Waals surface area contributed by atoms with Gasteiger partial charge in [0, 0.05) is 26.0 Å². The van der Waals surface area contributed by atoms with Crippen LogP contribution in [0.3, 0.4) is 0 Å². The van der Waals surface area contributed by atoms with Gasteiger partial charge in [-0.1, -0.05) is 35.5 Å². The maximum atomic E-state index is 5.85. The summed E-state index contributed by atoms with van der Waals surface area (Å²) in [5.41, 5.74) is 6.91. The zero-order valence-electron chi connectivity index (χ0n) is 11.1. The van der Waals surface area contributed by atoms with E-state index < -0.39 is 0 Å². The summed E-state index contributed by atoms with van der Waals surface area (Å²) in [4.78, 5) is 8.62. The highest BCUT2D eigenvalue weighted by Crippen LogP contribution is 2.23. The molecule has 102 valence electrons. The van der Waals surface area contributed by atoms with Gasteiger partial charge < -0.3 is 14.8 Å². The predicted molar refractivity (Wildman–Crippen MR) is 73.8 cm³/mol. The first-order chi connectivity index (χ1) is 9.79. The molecule has 0 saturated carbocycles. The molecule has 0 aliphatic rings. The third kappa shape index (κ3) is 2.21. The molecule has 0 fully saturated rings. The molecule has 0 aliphatic carbocycles. The summed E-state index contributed by atoms with van der Waals surface area (Å²) < 4.78 is 7.20. The Hall–Kier alpha value is -2.47. The standard InChI is InChI=1S/C14H15N5O/c1-19-8-7-16-13(19)12-17-14(20-18-12)11(9-15)10-5-3-2-4-6-10/h2-8,11H,9,15H2,1H3. The van der Waals surface area contributed by atoms with Crippen LogP contribution < -0.4 is 5.73 Å². The van der Waals surface area contributed by atoms with Crippen molar-refractivity contribution in [3.05, 3.63) is 54.2 Å². The van der Waals surface area contributed by atoms with Crippen LogP contribution in [0.4, 0.5) is 0 Å². The summed E-state index contributed by atoms with van der Waals surface area (Å²) in [6.07, 6.45) is 3.53. The Labute approximate surface area is 116 Å². The Kier molecular flexibility index (Phi) is 3.30. The zero-order valence-corrected chi connectivity index (χ0v) is 11.1. The van der Waals surface area contributed by atoms with Gasteiger partial charge in [-0.15, -0.1) is 0 Å². The van der Waals surface area contributed by atoms with E-state index >= 15 is 0 Å². The molecule has 6 nitrogen and oxygen atoms in total. The van der Waals surface area contributed by atoms with Gasteiger partial charge >= 0.3 is 0 Å². The Balaban J connectivity index is 1.95. The van der Waals surface area contributed by atoms with E-state index in [-0.39, 0.29) is 5.92 Å². The van der Waals surface area contributed by atoms with Crippen LogP contribution in [0.5, 0.6) is 0 Å². The van der Waals surface area contributed by atoms with E-state index in [1.54, 1.807) is 6.20 Å². The lowest BCUT2D eigenvalue weighted by Crippen LogP contribution is -2.14. The van der Waals surface area contributed by atoms with Crippen molar-refractivity contribution < 1.29 is 4.52 Å². The van der Waals surface area contributed by atoms with Crippen LogP contribution in [0.1, 0.15) is 17.4 Å². The van der Waals surface area contributed by atoms with Gasteiger partial charge in [0.1, 0.15) is 0 Å². The number of imidazole rings is 1. The summed E-state index contributed by atoms with van der Waals surface area (Å²) in [5.74, 6) is 1.56. The highest BCUT2D eigenvalue weighted by atomic mass is 16.5. The first-order valence-corrected chi connectivity index (χ1v) is 6.36. The molecular weight excluding hydrogens is 254 g/mol. The average Bonchev–Trinajstić information content (AvgIpc) is 3.10. The minimum absolute atomic E-state index is 0.0993. The minimum Gasteiger partial charge on any atom is -0.338 e. The van der Waals surface area contributed by atoms with E-state index in [0.717, 1.165) is 5.56 Å². The van der Waals surface area contributed by atoms with Crippen molar-refractivity contribution in [2.24, 2.45) is 12.8 Å². The minimum atomic E-state index is -0.0993. The highest BCUT2D eigenvalue weighted by Gasteiger charge is 2.21. The molecule has 0 spiro atoms. The second-order valence-corrected chi connectivity index (χ2v) is 4.52. The quantitative estimate of drug-likeness (QED) is 0.777. The summed E-state index contributed by atoms with van der Waals surface area (Å²) in [6, 6.07) is 9.90. The summed E-state index contributed by atoms with van der Waals surface area (Å²) >= 11 is 0. The largest absolute Gasteiger partial charge is 0.338 e. The van der Waals surface area contributed by atoms with Crippen LogP contribution in [0.15, 0.2) is 47.2 Å². The van der Waals surface area contributed by atoms with Crippen LogP contribution in [-0.2, 0) is 7.05 Å². The van der Waals surface area contributed by atoms with Crippen LogP contribution in [0.2, 0.25) is 0 Å². The van der Waals surface area contributed by atoms with E-state index in [1.165, 1.54) is 0 Å². The zero-order chi connectivity index (χ0) is 13.9. The molecule has 3 aromatic rings. The fourth-order valence-corrected chi connectivity index (χ4v) is 2.11. The van der Waals surface area contributed by atoms with Crippen molar-refractivity contribution >= 4 is 0 Å². The second-order valence-electron chi connectivity index (χ2n) is 4.52. The number of benzene rings is 1. The monoisotopic (exact) mass is 269 g/mol. The fourth-order valence-electron chi connectivity index (χ4n) is 2.11. The maximum Gasteiger partial charge on any atom is 0.238 e. The number of nitrogens with zero attached hydrogens (tertiary/aromatic N) is 4. The molecule has 2 aromatic heterocycles. The Bertz CT molecular complexity index is 688. The van der Waals surface area contributed by atoms with E-state index in [9.17, 15) is 0 Å². The molecule has 1 unspecified atom stereocenters. The van der Waals surface area contributed by atoms with Gasteiger partial charge in [0.15, 0.2) is 5.82 Å². The molecule has 20 heavy (non-hydrogen) atoms. The molecule has 0 radical (unpaired) electrons. The van der Waals surface area contributed by atoms with Crippen LogP contribution in [-0.4, -0.2) is 26.2 Å². The lowest BCUT2D eigenvalue weighted by molar-refractivity contribution is 0.366. The number of hydrogen-bond donors (Lipinski definition) is 1. The molecule has 1 atom stereocenters. The summed E-state index contributed by atoms with van der Waals surface area (Å²) in [6.45, 7) is 0.409. The Morgan fingerprint density at radius 3 is 2.75 bits per heavy atom. The smallest absolute Gasteiger partial charge is 0.238 e.